The molecule has 1 aromatic heterocycles. The van der Waals surface area contributed by atoms with Crippen molar-refractivity contribution in [2.75, 3.05) is 5.75 Å². The van der Waals surface area contributed by atoms with Gasteiger partial charge in [0.1, 0.15) is 0 Å². The SMILES string of the molecule is CCCCc1ccsc1C=C(CSC(C)=O)B1OC(C)(C)C(C)(C)O1. The van der Waals surface area contributed by atoms with Gasteiger partial charge >= 0.3 is 7.12 Å². The first-order valence-corrected chi connectivity index (χ1v) is 10.8. The highest BCUT2D eigenvalue weighted by Crippen LogP contribution is 2.39. The van der Waals surface area contributed by atoms with E-state index in [4.69, 9.17) is 9.31 Å². The molecule has 2 rings (SSSR count). The van der Waals surface area contributed by atoms with E-state index in [-0.39, 0.29) is 16.3 Å². The molecule has 1 aliphatic rings. The minimum absolute atomic E-state index is 0.111. The number of carbonyl (C=O) groups is 1. The van der Waals surface area contributed by atoms with Crippen LogP contribution in [-0.4, -0.2) is 29.2 Å². The second-order valence-electron chi connectivity index (χ2n) is 7.50. The van der Waals surface area contributed by atoms with Crippen molar-refractivity contribution < 1.29 is 14.1 Å². The lowest BCUT2D eigenvalue weighted by atomic mass is 9.78. The van der Waals surface area contributed by atoms with Crippen molar-refractivity contribution in [1.29, 1.82) is 0 Å². The highest BCUT2D eigenvalue weighted by atomic mass is 32.2. The number of aryl methyl sites for hydroxylation is 1. The summed E-state index contributed by atoms with van der Waals surface area (Å²) in [6.45, 7) is 12.0. The van der Waals surface area contributed by atoms with Crippen molar-refractivity contribution in [3.8, 4) is 0 Å². The van der Waals surface area contributed by atoms with Gasteiger partial charge in [-0.1, -0.05) is 25.1 Å². The fourth-order valence-corrected chi connectivity index (χ4v) is 4.08. The molecule has 0 bridgehead atoms. The van der Waals surface area contributed by atoms with Crippen molar-refractivity contribution in [1.82, 2.24) is 0 Å². The number of carbonyl (C=O) groups excluding carboxylic acids is 1. The lowest BCUT2D eigenvalue weighted by Crippen LogP contribution is -2.41. The molecule has 2 heterocycles. The van der Waals surface area contributed by atoms with Crippen LogP contribution in [0.4, 0.5) is 0 Å². The summed E-state index contributed by atoms with van der Waals surface area (Å²) in [6.07, 6.45) is 5.63. The van der Waals surface area contributed by atoms with Gasteiger partial charge in [-0.25, -0.2) is 0 Å². The Labute approximate surface area is 160 Å². The Morgan fingerprint density at radius 1 is 1.28 bits per heavy atom. The zero-order chi connectivity index (χ0) is 18.7. The van der Waals surface area contributed by atoms with Gasteiger partial charge in [-0.15, -0.1) is 11.3 Å². The van der Waals surface area contributed by atoms with Crippen LogP contribution in [0.25, 0.3) is 6.08 Å². The normalized spacial score (nSPS) is 19.4. The Morgan fingerprint density at radius 3 is 2.48 bits per heavy atom. The van der Waals surface area contributed by atoms with Gasteiger partial charge in [0.05, 0.1) is 11.2 Å². The standard InChI is InChI=1S/C19H29BO3S2/c1-7-8-9-15-10-11-24-17(15)12-16(13-25-14(2)21)20-22-18(3,4)19(5,6)23-20/h10-12H,7-9,13H2,1-6H3. The van der Waals surface area contributed by atoms with Gasteiger partial charge in [0, 0.05) is 17.6 Å². The summed E-state index contributed by atoms with van der Waals surface area (Å²) < 4.78 is 12.4. The number of hydrogen-bond acceptors (Lipinski definition) is 5. The summed E-state index contributed by atoms with van der Waals surface area (Å²) in [4.78, 5) is 12.7. The zero-order valence-electron chi connectivity index (χ0n) is 16.2. The molecule has 0 saturated carbocycles. The second kappa shape index (κ2) is 8.42. The van der Waals surface area contributed by atoms with Gasteiger partial charge in [0.15, 0.2) is 5.12 Å². The summed E-state index contributed by atoms with van der Waals surface area (Å²) in [6, 6.07) is 2.20. The van der Waals surface area contributed by atoms with Crippen molar-refractivity contribution in [2.24, 2.45) is 0 Å². The topological polar surface area (TPSA) is 35.5 Å². The van der Waals surface area contributed by atoms with E-state index >= 15 is 0 Å². The molecule has 0 aromatic carbocycles. The van der Waals surface area contributed by atoms with Crippen molar-refractivity contribution in [3.63, 3.8) is 0 Å². The third kappa shape index (κ3) is 5.22. The number of thiophene rings is 1. The van der Waals surface area contributed by atoms with Crippen LogP contribution in [-0.2, 0) is 20.5 Å². The van der Waals surface area contributed by atoms with E-state index in [9.17, 15) is 4.79 Å². The number of rotatable bonds is 7. The van der Waals surface area contributed by atoms with E-state index in [0.717, 1.165) is 11.9 Å². The first kappa shape index (κ1) is 20.8. The Hall–Kier alpha value is -0.555. The van der Waals surface area contributed by atoms with Crippen LogP contribution in [0.15, 0.2) is 16.9 Å². The molecule has 1 fully saturated rings. The quantitative estimate of drug-likeness (QED) is 0.595. The lowest BCUT2D eigenvalue weighted by Gasteiger charge is -2.32. The molecule has 1 aliphatic heterocycles. The van der Waals surface area contributed by atoms with Crippen LogP contribution in [0.2, 0.25) is 0 Å². The molecule has 0 radical (unpaired) electrons. The molecule has 0 amide bonds. The maximum atomic E-state index is 11.5. The smallest absolute Gasteiger partial charge is 0.400 e. The highest BCUT2D eigenvalue weighted by Gasteiger charge is 2.52. The number of unbranched alkanes of at least 4 members (excludes halogenated alkanes) is 1. The Morgan fingerprint density at radius 2 is 1.92 bits per heavy atom. The summed E-state index contributed by atoms with van der Waals surface area (Å²) in [7, 11) is -0.405. The summed E-state index contributed by atoms with van der Waals surface area (Å²) in [5.41, 5.74) is 1.64. The van der Waals surface area contributed by atoms with Crippen LogP contribution >= 0.6 is 23.1 Å². The van der Waals surface area contributed by atoms with E-state index < -0.39 is 7.12 Å². The lowest BCUT2D eigenvalue weighted by molar-refractivity contribution is -0.109. The molecule has 3 nitrogen and oxygen atoms in total. The molecule has 0 unspecified atom stereocenters. The summed E-state index contributed by atoms with van der Waals surface area (Å²) in [5, 5.41) is 2.25. The second-order valence-corrected chi connectivity index (χ2v) is 9.60. The number of hydrogen-bond donors (Lipinski definition) is 0. The van der Waals surface area contributed by atoms with Gasteiger partial charge < -0.3 is 9.31 Å². The van der Waals surface area contributed by atoms with Gasteiger partial charge in [0.25, 0.3) is 0 Å². The van der Waals surface area contributed by atoms with Crippen LogP contribution in [0.3, 0.4) is 0 Å². The van der Waals surface area contributed by atoms with E-state index in [1.54, 1.807) is 18.3 Å². The Bertz CT molecular complexity index is 618. The first-order valence-electron chi connectivity index (χ1n) is 8.92. The molecule has 0 spiro atoms. The maximum absolute atomic E-state index is 11.5. The Kier molecular flexibility index (Phi) is 6.99. The van der Waals surface area contributed by atoms with E-state index in [0.29, 0.717) is 5.75 Å². The minimum atomic E-state index is -0.405. The molecule has 6 heteroatoms. The van der Waals surface area contributed by atoms with Gasteiger partial charge in [-0.2, -0.15) is 0 Å². The molecule has 0 aliphatic carbocycles. The van der Waals surface area contributed by atoms with Gasteiger partial charge in [-0.05, 0) is 69.1 Å². The predicted molar refractivity (Wildman–Crippen MR) is 110 cm³/mol. The fourth-order valence-electron chi connectivity index (χ4n) is 2.57. The van der Waals surface area contributed by atoms with E-state index in [1.807, 2.05) is 0 Å². The average molecular weight is 380 g/mol. The molecule has 1 saturated heterocycles. The highest BCUT2D eigenvalue weighted by molar-refractivity contribution is 8.13. The maximum Gasteiger partial charge on any atom is 0.491 e. The van der Waals surface area contributed by atoms with Gasteiger partial charge in [0.2, 0.25) is 0 Å². The first-order chi connectivity index (χ1) is 11.7. The predicted octanol–water partition coefficient (Wildman–Crippen LogP) is 5.39. The molecule has 0 atom stereocenters. The third-order valence-corrected chi connectivity index (χ3v) is 6.69. The largest absolute Gasteiger partial charge is 0.491 e. The molecule has 1 aromatic rings. The minimum Gasteiger partial charge on any atom is -0.400 e. The van der Waals surface area contributed by atoms with Crippen LogP contribution < -0.4 is 0 Å². The number of thioether (sulfide) groups is 1. The fraction of sp³-hybridized carbons (Fsp3) is 0.632. The molecule has 25 heavy (non-hydrogen) atoms. The summed E-state index contributed by atoms with van der Waals surface area (Å²) in [5.74, 6) is 0.595. The molecular weight excluding hydrogens is 351 g/mol. The van der Waals surface area contributed by atoms with Crippen LogP contribution in [0.1, 0.15) is 64.8 Å². The zero-order valence-corrected chi connectivity index (χ0v) is 17.8. The molecule has 0 N–H and O–H groups in total. The molecule has 138 valence electrons. The van der Waals surface area contributed by atoms with E-state index in [1.165, 1.54) is 35.0 Å². The van der Waals surface area contributed by atoms with E-state index in [2.05, 4.69) is 52.1 Å². The van der Waals surface area contributed by atoms with Gasteiger partial charge in [-0.3, -0.25) is 4.79 Å². The monoisotopic (exact) mass is 380 g/mol. The summed E-state index contributed by atoms with van der Waals surface area (Å²) >= 11 is 3.05. The Balaban J connectivity index is 2.28. The van der Waals surface area contributed by atoms with Crippen molar-refractivity contribution in [2.45, 2.75) is 72.0 Å². The van der Waals surface area contributed by atoms with Crippen molar-refractivity contribution in [3.05, 3.63) is 27.4 Å². The van der Waals surface area contributed by atoms with Crippen LogP contribution in [0.5, 0.6) is 0 Å². The van der Waals surface area contributed by atoms with Crippen molar-refractivity contribution >= 4 is 41.4 Å². The molecular formula is C19H29BO3S2. The average Bonchev–Trinajstić information content (AvgIpc) is 3.02. The van der Waals surface area contributed by atoms with Crippen LogP contribution in [0, 0.1) is 0 Å². The third-order valence-electron chi connectivity index (χ3n) is 4.89.